The Morgan fingerprint density at radius 1 is 1.07 bits per heavy atom. The minimum absolute atomic E-state index is 0.157. The van der Waals surface area contributed by atoms with Gasteiger partial charge in [-0.3, -0.25) is 0 Å². The average molecular weight is 364 g/mol. The second kappa shape index (κ2) is 8.45. The molecule has 2 amide bonds. The van der Waals surface area contributed by atoms with Gasteiger partial charge in [0.2, 0.25) is 0 Å². The van der Waals surface area contributed by atoms with Gasteiger partial charge in [-0.15, -0.1) is 0 Å². The lowest BCUT2D eigenvalue weighted by molar-refractivity contribution is 0.208. The minimum Gasteiger partial charge on any atom is -0.491 e. The average Bonchev–Trinajstić information content (AvgIpc) is 2.68. The van der Waals surface area contributed by atoms with Crippen LogP contribution < -0.4 is 15.0 Å². The molecule has 0 aromatic heterocycles. The number of rotatable bonds is 4. The van der Waals surface area contributed by atoms with E-state index in [4.69, 9.17) is 10.00 Å². The smallest absolute Gasteiger partial charge is 0.322 e. The second-order valence-corrected chi connectivity index (χ2v) is 6.72. The van der Waals surface area contributed by atoms with E-state index < -0.39 is 0 Å². The Hall–Kier alpha value is -3.20. The van der Waals surface area contributed by atoms with Crippen molar-refractivity contribution >= 4 is 17.4 Å². The molecule has 27 heavy (non-hydrogen) atoms. The van der Waals surface area contributed by atoms with Crippen molar-refractivity contribution in [2.24, 2.45) is 0 Å². The van der Waals surface area contributed by atoms with Crippen molar-refractivity contribution in [2.75, 3.05) is 36.4 Å². The summed E-state index contributed by atoms with van der Waals surface area (Å²) in [5.74, 6) is 0.864. The van der Waals surface area contributed by atoms with Crippen molar-refractivity contribution in [3.63, 3.8) is 0 Å². The number of para-hydroxylation sites is 1. The van der Waals surface area contributed by atoms with Crippen LogP contribution in [0, 0.1) is 11.3 Å². The van der Waals surface area contributed by atoms with Gasteiger partial charge < -0.3 is 19.9 Å². The van der Waals surface area contributed by atoms with E-state index in [9.17, 15) is 4.79 Å². The van der Waals surface area contributed by atoms with E-state index in [-0.39, 0.29) is 12.1 Å². The molecule has 140 valence electrons. The van der Waals surface area contributed by atoms with Crippen LogP contribution in [-0.4, -0.2) is 43.2 Å². The molecule has 0 aliphatic carbocycles. The largest absolute Gasteiger partial charge is 0.491 e. The molecule has 1 saturated heterocycles. The lowest BCUT2D eigenvalue weighted by atomic mass is 10.2. The Bertz CT molecular complexity index is 819. The Morgan fingerprint density at radius 2 is 1.74 bits per heavy atom. The van der Waals surface area contributed by atoms with Gasteiger partial charge in [0.15, 0.2) is 0 Å². The third-order valence-corrected chi connectivity index (χ3v) is 4.43. The zero-order valence-electron chi connectivity index (χ0n) is 15.7. The fourth-order valence-corrected chi connectivity index (χ4v) is 3.06. The number of nitrogens with one attached hydrogen (secondary N) is 1. The van der Waals surface area contributed by atoms with E-state index in [1.165, 1.54) is 0 Å². The Morgan fingerprint density at radius 3 is 2.37 bits per heavy atom. The van der Waals surface area contributed by atoms with Crippen molar-refractivity contribution in [3.05, 3.63) is 54.1 Å². The van der Waals surface area contributed by atoms with Gasteiger partial charge in [0.1, 0.15) is 11.8 Å². The van der Waals surface area contributed by atoms with E-state index in [1.54, 1.807) is 29.2 Å². The standard InChI is InChI=1S/C21H24N4O2/c1-16(2)27-19-9-7-18(8-10-19)24-11-13-25(14-12-24)21(26)23-20-6-4-3-5-17(20)15-22/h3-10,16H,11-14H2,1-2H3,(H,23,26). The van der Waals surface area contributed by atoms with Crippen LogP contribution in [0.5, 0.6) is 5.75 Å². The number of benzene rings is 2. The highest BCUT2D eigenvalue weighted by atomic mass is 16.5. The third-order valence-electron chi connectivity index (χ3n) is 4.43. The topological polar surface area (TPSA) is 68.6 Å². The maximum absolute atomic E-state index is 12.5. The summed E-state index contributed by atoms with van der Waals surface area (Å²) in [7, 11) is 0. The van der Waals surface area contributed by atoms with Crippen molar-refractivity contribution < 1.29 is 9.53 Å². The van der Waals surface area contributed by atoms with Gasteiger partial charge >= 0.3 is 6.03 Å². The molecule has 0 spiro atoms. The number of hydrogen-bond donors (Lipinski definition) is 1. The van der Waals surface area contributed by atoms with E-state index in [0.29, 0.717) is 24.3 Å². The SMILES string of the molecule is CC(C)Oc1ccc(N2CCN(C(=O)Nc3ccccc3C#N)CC2)cc1. The number of piperazine rings is 1. The number of nitriles is 1. The molecule has 0 bridgehead atoms. The van der Waals surface area contributed by atoms with Crippen molar-refractivity contribution in [1.82, 2.24) is 4.90 Å². The predicted molar refractivity (Wildman–Crippen MR) is 106 cm³/mol. The summed E-state index contributed by atoms with van der Waals surface area (Å²) >= 11 is 0. The van der Waals surface area contributed by atoms with Crippen molar-refractivity contribution in [2.45, 2.75) is 20.0 Å². The maximum Gasteiger partial charge on any atom is 0.322 e. The monoisotopic (exact) mass is 364 g/mol. The molecule has 1 heterocycles. The molecule has 6 nitrogen and oxygen atoms in total. The van der Waals surface area contributed by atoms with Crippen LogP contribution in [0.4, 0.5) is 16.2 Å². The first kappa shape index (κ1) is 18.6. The molecular weight excluding hydrogens is 340 g/mol. The number of urea groups is 1. The highest BCUT2D eigenvalue weighted by molar-refractivity contribution is 5.91. The molecule has 0 unspecified atom stereocenters. The quantitative estimate of drug-likeness (QED) is 0.898. The Balaban J connectivity index is 1.55. The first-order valence-electron chi connectivity index (χ1n) is 9.13. The van der Waals surface area contributed by atoms with Gasteiger partial charge in [-0.1, -0.05) is 12.1 Å². The number of carbonyl (C=O) groups is 1. The molecule has 1 N–H and O–H groups in total. The number of nitrogens with zero attached hydrogens (tertiary/aromatic N) is 3. The fourth-order valence-electron chi connectivity index (χ4n) is 3.06. The molecule has 0 saturated carbocycles. The number of amides is 2. The normalized spacial score (nSPS) is 14.0. The molecule has 2 aromatic rings. The Labute approximate surface area is 160 Å². The molecular formula is C21H24N4O2. The van der Waals surface area contributed by atoms with E-state index in [2.05, 4.69) is 28.4 Å². The lowest BCUT2D eigenvalue weighted by Crippen LogP contribution is -2.50. The predicted octanol–water partition coefficient (Wildman–Crippen LogP) is 3.70. The van der Waals surface area contributed by atoms with Crippen LogP contribution in [0.15, 0.2) is 48.5 Å². The van der Waals surface area contributed by atoms with Crippen molar-refractivity contribution in [3.8, 4) is 11.8 Å². The summed E-state index contributed by atoms with van der Waals surface area (Å²) in [6.07, 6.45) is 0.157. The van der Waals surface area contributed by atoms with Gasteiger partial charge in [0.25, 0.3) is 0 Å². The lowest BCUT2D eigenvalue weighted by Gasteiger charge is -2.36. The Kier molecular flexibility index (Phi) is 5.82. The van der Waals surface area contributed by atoms with Gasteiger partial charge in [0.05, 0.1) is 17.4 Å². The van der Waals surface area contributed by atoms with Crippen LogP contribution in [0.1, 0.15) is 19.4 Å². The van der Waals surface area contributed by atoms with Crippen LogP contribution in [-0.2, 0) is 0 Å². The van der Waals surface area contributed by atoms with Gasteiger partial charge in [-0.05, 0) is 50.2 Å². The molecule has 1 fully saturated rings. The molecule has 0 radical (unpaired) electrons. The maximum atomic E-state index is 12.5. The second-order valence-electron chi connectivity index (χ2n) is 6.72. The summed E-state index contributed by atoms with van der Waals surface area (Å²) in [6.45, 7) is 6.80. The molecule has 1 aliphatic rings. The highest BCUT2D eigenvalue weighted by Crippen LogP contribution is 2.22. The van der Waals surface area contributed by atoms with Crippen LogP contribution in [0.2, 0.25) is 0 Å². The summed E-state index contributed by atoms with van der Waals surface area (Å²) < 4.78 is 5.68. The molecule has 1 aliphatic heterocycles. The van der Waals surface area contributed by atoms with Gasteiger partial charge in [-0.25, -0.2) is 4.79 Å². The minimum atomic E-state index is -0.168. The number of ether oxygens (including phenoxy) is 1. The van der Waals surface area contributed by atoms with Crippen molar-refractivity contribution in [1.29, 1.82) is 5.26 Å². The summed E-state index contributed by atoms with van der Waals surface area (Å²) in [4.78, 5) is 16.5. The van der Waals surface area contributed by atoms with Crippen LogP contribution in [0.3, 0.4) is 0 Å². The van der Waals surface area contributed by atoms with E-state index in [1.807, 2.05) is 26.0 Å². The molecule has 0 atom stereocenters. The van der Waals surface area contributed by atoms with E-state index >= 15 is 0 Å². The fraction of sp³-hybridized carbons (Fsp3) is 0.333. The highest BCUT2D eigenvalue weighted by Gasteiger charge is 2.22. The zero-order chi connectivity index (χ0) is 19.2. The number of anilines is 2. The number of carbonyl (C=O) groups excluding carboxylic acids is 1. The zero-order valence-corrected chi connectivity index (χ0v) is 15.7. The van der Waals surface area contributed by atoms with E-state index in [0.717, 1.165) is 24.5 Å². The first-order chi connectivity index (χ1) is 13.1. The van der Waals surface area contributed by atoms with Gasteiger partial charge in [-0.2, -0.15) is 5.26 Å². The number of hydrogen-bond acceptors (Lipinski definition) is 4. The molecule has 2 aromatic carbocycles. The first-order valence-corrected chi connectivity index (χ1v) is 9.13. The summed E-state index contributed by atoms with van der Waals surface area (Å²) in [5, 5.41) is 12.0. The summed E-state index contributed by atoms with van der Waals surface area (Å²) in [6, 6.07) is 17.0. The third kappa shape index (κ3) is 4.70. The molecule has 3 rings (SSSR count). The van der Waals surface area contributed by atoms with Crippen LogP contribution >= 0.6 is 0 Å². The van der Waals surface area contributed by atoms with Crippen LogP contribution in [0.25, 0.3) is 0 Å². The summed E-state index contributed by atoms with van der Waals surface area (Å²) in [5.41, 5.74) is 2.14. The molecule has 6 heteroatoms. The van der Waals surface area contributed by atoms with Gasteiger partial charge in [0, 0.05) is 31.9 Å².